The van der Waals surface area contributed by atoms with Crippen LogP contribution in [0.4, 0.5) is 0 Å². The van der Waals surface area contributed by atoms with Gasteiger partial charge in [-0.1, -0.05) is 176 Å². The number of aliphatic imine (C=N–C) groups is 1. The van der Waals surface area contributed by atoms with E-state index in [1.54, 1.807) is 0 Å². The summed E-state index contributed by atoms with van der Waals surface area (Å²) in [5.41, 5.74) is 17.8. The lowest BCUT2D eigenvalue weighted by Crippen LogP contribution is -2.14. The van der Waals surface area contributed by atoms with Crippen molar-refractivity contribution in [1.82, 2.24) is 15.0 Å². The third-order valence-corrected chi connectivity index (χ3v) is 11.1. The summed E-state index contributed by atoms with van der Waals surface area (Å²) in [5, 5.41) is 0. The van der Waals surface area contributed by atoms with Crippen LogP contribution in [0, 0.1) is 0 Å². The molecule has 2 aliphatic rings. The average molecular weight is 855 g/mol. The van der Waals surface area contributed by atoms with Gasteiger partial charge in [-0.15, -0.1) is 13.2 Å². The second kappa shape index (κ2) is 23.6. The third kappa shape index (κ3) is 11.8. The van der Waals surface area contributed by atoms with E-state index in [4.69, 9.17) is 19.9 Å². The maximum absolute atomic E-state index is 5.32. The van der Waals surface area contributed by atoms with Gasteiger partial charge in [0.25, 0.3) is 0 Å². The van der Waals surface area contributed by atoms with E-state index in [9.17, 15) is 0 Å². The third-order valence-electron chi connectivity index (χ3n) is 11.1. The Morgan fingerprint density at radius 1 is 0.646 bits per heavy atom. The quantitative estimate of drug-likeness (QED) is 0.113. The van der Waals surface area contributed by atoms with E-state index >= 15 is 0 Å². The molecule has 0 bridgehead atoms. The van der Waals surface area contributed by atoms with Crippen LogP contribution >= 0.6 is 0 Å². The van der Waals surface area contributed by atoms with Gasteiger partial charge in [0.2, 0.25) is 0 Å². The number of pyridine rings is 1. The molecule has 0 saturated carbocycles. The molecule has 4 aromatic carbocycles. The first-order chi connectivity index (χ1) is 31.7. The number of hydrogen-bond acceptors (Lipinski definition) is 4. The molecule has 2 aromatic heterocycles. The Morgan fingerprint density at radius 2 is 1.31 bits per heavy atom. The molecule has 0 amide bonds. The Balaban J connectivity index is 0.00000127. The molecule has 0 fully saturated rings. The number of aromatic nitrogens is 3. The van der Waals surface area contributed by atoms with Crippen molar-refractivity contribution in [2.24, 2.45) is 4.99 Å². The predicted molar refractivity (Wildman–Crippen MR) is 286 cm³/mol. The Labute approximate surface area is 390 Å². The Bertz CT molecular complexity index is 2750. The summed E-state index contributed by atoms with van der Waals surface area (Å²) in [7, 11) is 0. The molecule has 1 aliphatic heterocycles. The van der Waals surface area contributed by atoms with E-state index in [0.717, 1.165) is 97.8 Å². The first kappa shape index (κ1) is 49.0. The minimum Gasteiger partial charge on any atom is -0.259 e. The fraction of sp³-hybridized carbons (Fsp3) is 0.213. The summed E-state index contributed by atoms with van der Waals surface area (Å²) in [4.78, 5) is 20.5. The number of fused-ring (bicyclic) bond motifs is 1. The predicted octanol–water partition coefficient (Wildman–Crippen LogP) is 17.5. The minimum absolute atomic E-state index is 0.0154. The lowest BCUT2D eigenvalue weighted by molar-refractivity contribution is 0.588. The largest absolute Gasteiger partial charge is 0.259 e. The van der Waals surface area contributed by atoms with Gasteiger partial charge >= 0.3 is 0 Å². The van der Waals surface area contributed by atoms with Crippen molar-refractivity contribution in [2.75, 3.05) is 0 Å². The molecule has 0 unspecified atom stereocenters. The highest BCUT2D eigenvalue weighted by Crippen LogP contribution is 2.40. The molecule has 0 spiro atoms. The maximum Gasteiger partial charge on any atom is 0.160 e. The van der Waals surface area contributed by atoms with Crippen LogP contribution in [-0.2, 0) is 5.41 Å². The number of benzene rings is 4. The van der Waals surface area contributed by atoms with Crippen LogP contribution in [0.3, 0.4) is 0 Å². The molecular formula is C61H66N4. The fourth-order valence-corrected chi connectivity index (χ4v) is 7.91. The highest BCUT2D eigenvalue weighted by Gasteiger charge is 2.22. The van der Waals surface area contributed by atoms with Gasteiger partial charge in [0.15, 0.2) is 5.82 Å². The van der Waals surface area contributed by atoms with Crippen LogP contribution in [0.1, 0.15) is 110 Å². The molecule has 4 nitrogen and oxygen atoms in total. The minimum atomic E-state index is -0.0154. The smallest absolute Gasteiger partial charge is 0.160 e. The van der Waals surface area contributed by atoms with Gasteiger partial charge in [-0.3, -0.25) is 4.99 Å². The van der Waals surface area contributed by atoms with Crippen molar-refractivity contribution < 1.29 is 0 Å². The molecular weight excluding hydrogens is 789 g/mol. The molecule has 0 radical (unpaired) electrons. The molecule has 0 atom stereocenters. The monoisotopic (exact) mass is 855 g/mol. The van der Waals surface area contributed by atoms with Crippen molar-refractivity contribution in [3.8, 4) is 56.3 Å². The summed E-state index contributed by atoms with van der Waals surface area (Å²) in [5.74, 6) is 0.671. The van der Waals surface area contributed by atoms with Gasteiger partial charge in [0.05, 0.1) is 28.5 Å². The summed E-state index contributed by atoms with van der Waals surface area (Å²) < 4.78 is 0. The Morgan fingerprint density at radius 3 is 1.94 bits per heavy atom. The summed E-state index contributed by atoms with van der Waals surface area (Å²) in [6.45, 7) is 29.0. The van der Waals surface area contributed by atoms with Crippen molar-refractivity contribution in [3.05, 3.63) is 199 Å². The SMILES string of the molecule is C=C.C=C/C(=C\C)c1ccc(-c2cc(-c3cc(-c4ccc(C(C)(C)C)c(C5=CC=CCC5)c4)cc(-c4ccc5c(n4)/C(=C/C)N=CC/C=C\5)c3)nc(-c3ccccc3)n2)cc1.CC.CC. The first-order valence-corrected chi connectivity index (χ1v) is 23.1. The molecule has 1 aliphatic carbocycles. The Kier molecular flexibility index (Phi) is 17.8. The van der Waals surface area contributed by atoms with Crippen LogP contribution < -0.4 is 0 Å². The highest BCUT2D eigenvalue weighted by atomic mass is 14.9. The second-order valence-electron chi connectivity index (χ2n) is 16.1. The van der Waals surface area contributed by atoms with Gasteiger partial charge in [-0.2, -0.15) is 0 Å². The molecule has 0 N–H and O–H groups in total. The van der Waals surface area contributed by atoms with Crippen molar-refractivity contribution >= 4 is 29.1 Å². The average Bonchev–Trinajstić information content (AvgIpc) is 3.36. The number of allylic oxidation sites excluding steroid dienone is 9. The zero-order chi connectivity index (χ0) is 46.9. The van der Waals surface area contributed by atoms with Gasteiger partial charge < -0.3 is 0 Å². The highest BCUT2D eigenvalue weighted by molar-refractivity contribution is 5.86. The van der Waals surface area contributed by atoms with Crippen LogP contribution in [0.15, 0.2) is 176 Å². The van der Waals surface area contributed by atoms with Gasteiger partial charge in [0, 0.05) is 40.5 Å². The zero-order valence-corrected chi connectivity index (χ0v) is 40.1. The normalized spacial score (nSPS) is 14.1. The maximum atomic E-state index is 5.32. The number of hydrogen-bond donors (Lipinski definition) is 0. The van der Waals surface area contributed by atoms with Gasteiger partial charge in [0.1, 0.15) is 0 Å². The first-order valence-electron chi connectivity index (χ1n) is 23.1. The van der Waals surface area contributed by atoms with Crippen LogP contribution in [0.2, 0.25) is 0 Å². The van der Waals surface area contributed by atoms with E-state index in [1.807, 2.05) is 78.1 Å². The topological polar surface area (TPSA) is 51.0 Å². The standard InChI is InChI=1S/C55H50N4.2C2H6.C2H4/c1-7-37(8-2)38-23-25-40(26-24-38)51-36-52(59-54(58-51)42-21-14-11-15-22-42)46-33-44(43-27-29-48(55(4,5)6)47(35-43)39-18-12-10-13-19-39)32-45(34-46)50-30-28-41-20-16-17-31-56-49(9-3)53(41)57-50;3*1-2/h7-12,14-16,18,20-36H,1,13,17,19H2,2-6H3;2*1-2H3;1-2H2/b20-16-,37-8+,49-9-,56-31?;;;. The molecule has 330 valence electrons. The summed E-state index contributed by atoms with van der Waals surface area (Å²) in [6, 6.07) is 39.0. The van der Waals surface area contributed by atoms with E-state index in [1.165, 1.54) is 16.7 Å². The molecule has 65 heavy (non-hydrogen) atoms. The Hall–Kier alpha value is -7.04. The lowest BCUT2D eigenvalue weighted by atomic mass is 9.79. The van der Waals surface area contributed by atoms with Gasteiger partial charge in [-0.05, 0) is 107 Å². The summed E-state index contributed by atoms with van der Waals surface area (Å²) in [6.07, 6.45) is 21.8. The van der Waals surface area contributed by atoms with Crippen molar-refractivity contribution in [2.45, 2.75) is 87.0 Å². The van der Waals surface area contributed by atoms with E-state index in [0.29, 0.717) is 5.82 Å². The lowest BCUT2D eigenvalue weighted by Gasteiger charge is -2.26. The zero-order valence-electron chi connectivity index (χ0n) is 40.1. The fourth-order valence-electron chi connectivity index (χ4n) is 7.91. The van der Waals surface area contributed by atoms with E-state index < -0.39 is 0 Å². The van der Waals surface area contributed by atoms with Gasteiger partial charge in [-0.25, -0.2) is 15.0 Å². The molecule has 6 aromatic rings. The van der Waals surface area contributed by atoms with Crippen LogP contribution in [-0.4, -0.2) is 21.2 Å². The van der Waals surface area contributed by atoms with Crippen LogP contribution in [0.5, 0.6) is 0 Å². The number of rotatable bonds is 8. The molecule has 3 heterocycles. The summed E-state index contributed by atoms with van der Waals surface area (Å²) >= 11 is 0. The second-order valence-corrected chi connectivity index (χ2v) is 16.1. The van der Waals surface area contributed by atoms with Crippen LogP contribution in [0.25, 0.3) is 79.2 Å². The number of nitrogens with zero attached hydrogens (tertiary/aromatic N) is 4. The van der Waals surface area contributed by atoms with E-state index in [2.05, 4.69) is 168 Å². The molecule has 4 heteroatoms. The molecule has 0 saturated heterocycles. The molecule has 8 rings (SSSR count). The van der Waals surface area contributed by atoms with Crippen molar-refractivity contribution in [3.63, 3.8) is 0 Å². The van der Waals surface area contributed by atoms with Crippen molar-refractivity contribution in [1.29, 1.82) is 0 Å². The van der Waals surface area contributed by atoms with E-state index in [-0.39, 0.29) is 5.41 Å².